The largest absolute Gasteiger partial charge is 0.496 e. The first-order chi connectivity index (χ1) is 16.2. The molecule has 8 nitrogen and oxygen atoms in total. The highest BCUT2D eigenvalue weighted by molar-refractivity contribution is 7.92. The zero-order valence-corrected chi connectivity index (χ0v) is 19.8. The third-order valence-electron chi connectivity index (χ3n) is 4.88. The van der Waals surface area contributed by atoms with E-state index in [9.17, 15) is 18.0 Å². The van der Waals surface area contributed by atoms with Crippen LogP contribution in [-0.4, -0.2) is 33.9 Å². The quantitative estimate of drug-likeness (QED) is 0.335. The van der Waals surface area contributed by atoms with Crippen LogP contribution in [0.1, 0.15) is 40.1 Å². The van der Waals surface area contributed by atoms with E-state index in [0.717, 1.165) is 0 Å². The molecule has 0 amide bonds. The molecule has 0 unspecified atom stereocenters. The van der Waals surface area contributed by atoms with Crippen molar-refractivity contribution in [3.63, 3.8) is 0 Å². The monoisotopic (exact) mass is 483 g/mol. The standard InChI is InChI=1S/C25H25NO7S/c1-4-32-20-10-12-21(13-11-20)34(29,30)26-23-8-6-5-7-22(23)25(28)33-16-19-15-18(17(2)27)9-14-24(19)31-3/h5-15,26H,4,16H2,1-3H3. The average Bonchev–Trinajstić information content (AvgIpc) is 2.83. The van der Waals surface area contributed by atoms with Crippen molar-refractivity contribution in [3.8, 4) is 11.5 Å². The highest BCUT2D eigenvalue weighted by atomic mass is 32.2. The molecule has 0 atom stereocenters. The minimum absolute atomic E-state index is 0.0184. The molecule has 0 spiro atoms. The van der Waals surface area contributed by atoms with Gasteiger partial charge in [0.15, 0.2) is 5.78 Å². The topological polar surface area (TPSA) is 108 Å². The fourth-order valence-corrected chi connectivity index (χ4v) is 4.25. The molecule has 0 heterocycles. The smallest absolute Gasteiger partial charge is 0.340 e. The van der Waals surface area contributed by atoms with Crippen molar-refractivity contribution in [3.05, 3.63) is 83.4 Å². The van der Waals surface area contributed by atoms with E-state index >= 15 is 0 Å². The Morgan fingerprint density at radius 2 is 1.68 bits per heavy atom. The maximum atomic E-state index is 12.9. The number of Topliss-reactive ketones (excluding diaryl/α,β-unsaturated/α-hetero) is 1. The maximum Gasteiger partial charge on any atom is 0.340 e. The normalized spacial score (nSPS) is 10.9. The molecule has 0 bridgehead atoms. The molecule has 0 aliphatic rings. The van der Waals surface area contributed by atoms with Gasteiger partial charge in [-0.3, -0.25) is 9.52 Å². The molecule has 3 aromatic rings. The molecule has 3 rings (SSSR count). The number of carbonyl (C=O) groups excluding carboxylic acids is 2. The summed E-state index contributed by atoms with van der Waals surface area (Å²) in [7, 11) is -2.49. The van der Waals surface area contributed by atoms with E-state index in [-0.39, 0.29) is 28.5 Å². The fraction of sp³-hybridized carbons (Fsp3) is 0.200. The summed E-state index contributed by atoms with van der Waals surface area (Å²) in [4.78, 5) is 24.5. The number of methoxy groups -OCH3 is 1. The molecule has 1 N–H and O–H groups in total. The molecule has 3 aromatic carbocycles. The third kappa shape index (κ3) is 5.93. The first-order valence-corrected chi connectivity index (χ1v) is 11.9. The van der Waals surface area contributed by atoms with Crippen LogP contribution in [0.25, 0.3) is 0 Å². The van der Waals surface area contributed by atoms with Crippen molar-refractivity contribution in [2.75, 3.05) is 18.4 Å². The van der Waals surface area contributed by atoms with E-state index in [4.69, 9.17) is 14.2 Å². The van der Waals surface area contributed by atoms with E-state index in [1.54, 1.807) is 42.5 Å². The molecular weight excluding hydrogens is 458 g/mol. The highest BCUT2D eigenvalue weighted by Gasteiger charge is 2.20. The first-order valence-electron chi connectivity index (χ1n) is 10.4. The predicted octanol–water partition coefficient (Wildman–Crippen LogP) is 4.45. The van der Waals surface area contributed by atoms with Gasteiger partial charge in [0.2, 0.25) is 0 Å². The Hall–Kier alpha value is -3.85. The summed E-state index contributed by atoms with van der Waals surface area (Å²) in [6, 6.07) is 16.9. The Bertz CT molecular complexity index is 1280. The lowest BCUT2D eigenvalue weighted by atomic mass is 10.1. The molecule has 0 fully saturated rings. The van der Waals surface area contributed by atoms with Gasteiger partial charge >= 0.3 is 5.97 Å². The fourth-order valence-electron chi connectivity index (χ4n) is 3.17. The number of rotatable bonds is 10. The van der Waals surface area contributed by atoms with Crippen LogP contribution in [0.3, 0.4) is 0 Å². The van der Waals surface area contributed by atoms with Crippen molar-refractivity contribution >= 4 is 27.5 Å². The number of anilines is 1. The molecule has 0 aromatic heterocycles. The van der Waals surface area contributed by atoms with Crippen molar-refractivity contribution in [1.29, 1.82) is 0 Å². The number of para-hydroxylation sites is 1. The number of hydrogen-bond acceptors (Lipinski definition) is 7. The summed E-state index contributed by atoms with van der Waals surface area (Å²) < 4.78 is 44.2. The van der Waals surface area contributed by atoms with Crippen LogP contribution in [0.4, 0.5) is 5.69 Å². The summed E-state index contributed by atoms with van der Waals surface area (Å²) in [5.74, 6) is 0.140. The number of sulfonamides is 1. The third-order valence-corrected chi connectivity index (χ3v) is 6.26. The second-order valence-corrected chi connectivity index (χ2v) is 8.90. The van der Waals surface area contributed by atoms with Gasteiger partial charge in [-0.2, -0.15) is 0 Å². The Morgan fingerprint density at radius 3 is 2.32 bits per heavy atom. The lowest BCUT2D eigenvalue weighted by Crippen LogP contribution is -2.16. The number of esters is 1. The Kier molecular flexibility index (Phi) is 7.91. The van der Waals surface area contributed by atoms with Crippen LogP contribution in [0, 0.1) is 0 Å². The van der Waals surface area contributed by atoms with Gasteiger partial charge in [-0.1, -0.05) is 12.1 Å². The number of hydrogen-bond donors (Lipinski definition) is 1. The number of benzene rings is 3. The molecule has 0 radical (unpaired) electrons. The lowest BCUT2D eigenvalue weighted by molar-refractivity contribution is 0.0471. The molecule has 34 heavy (non-hydrogen) atoms. The van der Waals surface area contributed by atoms with Gasteiger partial charge < -0.3 is 14.2 Å². The van der Waals surface area contributed by atoms with Crippen LogP contribution in [0.2, 0.25) is 0 Å². The number of nitrogens with one attached hydrogen (secondary N) is 1. The van der Waals surface area contributed by atoms with Crippen LogP contribution < -0.4 is 14.2 Å². The van der Waals surface area contributed by atoms with Gasteiger partial charge in [-0.25, -0.2) is 13.2 Å². The summed E-state index contributed by atoms with van der Waals surface area (Å²) in [6.45, 7) is 3.57. The van der Waals surface area contributed by atoms with Crippen LogP contribution in [-0.2, 0) is 21.4 Å². The average molecular weight is 484 g/mol. The lowest BCUT2D eigenvalue weighted by Gasteiger charge is -2.14. The number of ether oxygens (including phenoxy) is 3. The molecule has 178 valence electrons. The second kappa shape index (κ2) is 10.8. The Labute approximate surface area is 198 Å². The van der Waals surface area contributed by atoms with Gasteiger partial charge in [0.1, 0.15) is 18.1 Å². The van der Waals surface area contributed by atoms with E-state index < -0.39 is 16.0 Å². The van der Waals surface area contributed by atoms with Gasteiger partial charge in [0.25, 0.3) is 10.0 Å². The minimum Gasteiger partial charge on any atom is -0.496 e. The Morgan fingerprint density at radius 1 is 0.971 bits per heavy atom. The minimum atomic E-state index is -3.96. The van der Waals surface area contributed by atoms with Crippen LogP contribution in [0.5, 0.6) is 11.5 Å². The summed E-state index contributed by atoms with van der Waals surface area (Å²) in [5.41, 5.74) is 1.08. The van der Waals surface area contributed by atoms with Gasteiger partial charge in [0.05, 0.1) is 29.9 Å². The second-order valence-electron chi connectivity index (χ2n) is 7.21. The number of carbonyl (C=O) groups is 2. The van der Waals surface area contributed by atoms with Gasteiger partial charge in [-0.15, -0.1) is 0 Å². The van der Waals surface area contributed by atoms with E-state index in [0.29, 0.717) is 29.2 Å². The maximum absolute atomic E-state index is 12.9. The van der Waals surface area contributed by atoms with Gasteiger partial charge in [0, 0.05) is 11.1 Å². The van der Waals surface area contributed by atoms with Crippen molar-refractivity contribution in [2.45, 2.75) is 25.3 Å². The van der Waals surface area contributed by atoms with Crippen molar-refractivity contribution in [1.82, 2.24) is 0 Å². The molecule has 9 heteroatoms. The Balaban J connectivity index is 1.79. The summed E-state index contributed by atoms with van der Waals surface area (Å²) >= 11 is 0. The van der Waals surface area contributed by atoms with Gasteiger partial charge in [-0.05, 0) is 68.4 Å². The van der Waals surface area contributed by atoms with Crippen LogP contribution >= 0.6 is 0 Å². The number of ketones is 1. The first kappa shape index (κ1) is 24.8. The zero-order valence-electron chi connectivity index (χ0n) is 19.0. The van der Waals surface area contributed by atoms with E-state index in [2.05, 4.69) is 4.72 Å². The van der Waals surface area contributed by atoms with E-state index in [1.807, 2.05) is 6.92 Å². The van der Waals surface area contributed by atoms with Crippen molar-refractivity contribution in [2.24, 2.45) is 0 Å². The molecule has 0 aliphatic carbocycles. The molecular formula is C25H25NO7S. The highest BCUT2D eigenvalue weighted by Crippen LogP contribution is 2.25. The van der Waals surface area contributed by atoms with Crippen molar-refractivity contribution < 1.29 is 32.2 Å². The molecule has 0 saturated heterocycles. The molecule has 0 aliphatic heterocycles. The predicted molar refractivity (Wildman–Crippen MR) is 127 cm³/mol. The molecule has 0 saturated carbocycles. The zero-order chi connectivity index (χ0) is 24.7. The SMILES string of the molecule is CCOc1ccc(S(=O)(=O)Nc2ccccc2C(=O)OCc2cc(C(C)=O)ccc2OC)cc1. The van der Waals surface area contributed by atoms with Crippen LogP contribution in [0.15, 0.2) is 71.6 Å². The summed E-state index contributed by atoms with van der Waals surface area (Å²) in [5, 5.41) is 0. The van der Waals surface area contributed by atoms with E-state index in [1.165, 1.54) is 38.3 Å². The summed E-state index contributed by atoms with van der Waals surface area (Å²) in [6.07, 6.45) is 0.